The number of ether oxygens (including phenoxy) is 1. The van der Waals surface area contributed by atoms with Gasteiger partial charge in [0.2, 0.25) is 0 Å². The first-order valence-corrected chi connectivity index (χ1v) is 13.1. The Labute approximate surface area is 214 Å². The molecule has 2 saturated heterocycles. The fourth-order valence-electron chi connectivity index (χ4n) is 6.00. The van der Waals surface area contributed by atoms with Crippen molar-refractivity contribution >= 4 is 17.3 Å². The Morgan fingerprint density at radius 3 is 2.64 bits per heavy atom. The molecule has 3 heterocycles. The largest absolute Gasteiger partial charge is 0.370 e. The summed E-state index contributed by atoms with van der Waals surface area (Å²) < 4.78 is 6.82. The fourth-order valence-corrected chi connectivity index (χ4v) is 6.00. The monoisotopic (exact) mass is 485 g/mol. The number of likely N-dealkylation sites (tertiary alicyclic amines) is 1. The first kappa shape index (κ1) is 24.6. The van der Waals surface area contributed by atoms with Gasteiger partial charge >= 0.3 is 0 Å². The lowest BCUT2D eigenvalue weighted by molar-refractivity contribution is 0.102. The quantitative estimate of drug-likeness (QED) is 0.430. The molecule has 36 heavy (non-hydrogen) atoms. The number of nitrogens with zero attached hydrogens (tertiary/aromatic N) is 2. The molecular weight excluding hydrogens is 448 g/mol. The van der Waals surface area contributed by atoms with Crippen molar-refractivity contribution in [2.45, 2.75) is 58.4 Å². The van der Waals surface area contributed by atoms with Crippen molar-refractivity contribution in [3.63, 3.8) is 0 Å². The van der Waals surface area contributed by atoms with Crippen molar-refractivity contribution in [3.05, 3.63) is 89.2 Å². The predicted molar refractivity (Wildman–Crippen MR) is 145 cm³/mol. The van der Waals surface area contributed by atoms with Gasteiger partial charge in [0.15, 0.2) is 0 Å². The van der Waals surface area contributed by atoms with E-state index in [4.69, 9.17) is 4.74 Å². The number of aryl methyl sites for hydroxylation is 1. The van der Waals surface area contributed by atoms with Crippen LogP contribution in [0.5, 0.6) is 0 Å². The second-order valence-electron chi connectivity index (χ2n) is 10.3. The Bertz CT molecular complexity index is 1180. The van der Waals surface area contributed by atoms with Crippen molar-refractivity contribution in [1.82, 2.24) is 14.8 Å². The van der Waals surface area contributed by atoms with E-state index >= 15 is 0 Å². The Morgan fingerprint density at radius 2 is 1.97 bits per heavy atom. The summed E-state index contributed by atoms with van der Waals surface area (Å²) in [5.74, 6) is -0.145. The van der Waals surface area contributed by atoms with Gasteiger partial charge in [-0.3, -0.25) is 14.3 Å². The maximum Gasteiger partial charge on any atom is 0.257 e. The van der Waals surface area contributed by atoms with E-state index in [0.717, 1.165) is 40.1 Å². The zero-order valence-electron chi connectivity index (χ0n) is 21.4. The maximum absolute atomic E-state index is 12.9. The van der Waals surface area contributed by atoms with Gasteiger partial charge in [-0.05, 0) is 43.2 Å². The minimum Gasteiger partial charge on any atom is -0.370 e. The summed E-state index contributed by atoms with van der Waals surface area (Å²) in [5.41, 5.74) is 5.81. The highest BCUT2D eigenvalue weighted by Gasteiger charge is 2.48. The number of nitrogens with one attached hydrogen (secondary N) is 2. The highest BCUT2D eigenvalue weighted by Crippen LogP contribution is 2.40. The molecular formula is C30H37N4O2+. The second kappa shape index (κ2) is 10.9. The van der Waals surface area contributed by atoms with E-state index < -0.39 is 0 Å². The van der Waals surface area contributed by atoms with Gasteiger partial charge < -0.3 is 15.4 Å². The van der Waals surface area contributed by atoms with Crippen molar-refractivity contribution < 1.29 is 9.53 Å². The smallest absolute Gasteiger partial charge is 0.257 e. The molecule has 0 bridgehead atoms. The number of carbonyl (C=O) groups excluding carboxylic acids is 1. The molecule has 2 fully saturated rings. The molecule has 6 nitrogen and oxygen atoms in total. The van der Waals surface area contributed by atoms with Crippen molar-refractivity contribution in [3.8, 4) is 0 Å². The molecule has 2 N–H and O–H groups in total. The van der Waals surface area contributed by atoms with Crippen molar-refractivity contribution in [1.29, 1.82) is 0 Å². The molecule has 0 saturated carbocycles. The molecule has 2 aliphatic rings. The molecule has 6 heteroatoms. The third-order valence-corrected chi connectivity index (χ3v) is 8.01. The van der Waals surface area contributed by atoms with Gasteiger partial charge in [0, 0.05) is 56.4 Å². The van der Waals surface area contributed by atoms with Crippen molar-refractivity contribution in [2.75, 3.05) is 25.0 Å². The van der Waals surface area contributed by atoms with E-state index in [1.165, 1.54) is 31.5 Å². The first-order chi connectivity index (χ1) is 17.6. The molecule has 188 valence electrons. The van der Waals surface area contributed by atoms with Crippen LogP contribution in [0, 0.1) is 6.92 Å². The number of anilines is 1. The standard InChI is InChI=1S/C30H36N4O2/c1-22-17-27(34(16-6-7-23(34)2)28-14-15-31-19-28)12-13-29(22)33-30(35)25-10-11-26(32-18-25)21-36-20-24-8-4-3-5-9-24/h3-5,8-13,17-18,23,28,31H,6-7,14-16,19-21H2,1-2H3/p+1. The third kappa shape index (κ3) is 5.07. The highest BCUT2D eigenvalue weighted by molar-refractivity contribution is 6.04. The molecule has 0 aliphatic carbocycles. The van der Waals surface area contributed by atoms with Gasteiger partial charge in [-0.1, -0.05) is 30.3 Å². The van der Waals surface area contributed by atoms with E-state index in [1.54, 1.807) is 6.20 Å². The van der Waals surface area contributed by atoms with Crippen LogP contribution in [0.1, 0.15) is 53.4 Å². The first-order valence-electron chi connectivity index (χ1n) is 13.1. The van der Waals surface area contributed by atoms with Gasteiger partial charge in [0.1, 0.15) is 11.7 Å². The number of hydrogen-bond acceptors (Lipinski definition) is 4. The van der Waals surface area contributed by atoms with Gasteiger partial charge in [0.05, 0.1) is 37.1 Å². The van der Waals surface area contributed by atoms with Gasteiger partial charge in [-0.15, -0.1) is 0 Å². The summed E-state index contributed by atoms with van der Waals surface area (Å²) >= 11 is 0. The third-order valence-electron chi connectivity index (χ3n) is 8.01. The Hall–Kier alpha value is -3.06. The van der Waals surface area contributed by atoms with Crippen LogP contribution in [-0.2, 0) is 18.0 Å². The second-order valence-corrected chi connectivity index (χ2v) is 10.3. The molecule has 3 unspecified atom stereocenters. The lowest BCUT2D eigenvalue weighted by Crippen LogP contribution is -2.59. The van der Waals surface area contributed by atoms with Gasteiger partial charge in [-0.25, -0.2) is 0 Å². The molecule has 0 radical (unpaired) electrons. The number of hydrogen-bond donors (Lipinski definition) is 2. The topological polar surface area (TPSA) is 63.2 Å². The Morgan fingerprint density at radius 1 is 1.11 bits per heavy atom. The fraction of sp³-hybridized carbons (Fsp3) is 0.400. The van der Waals surface area contributed by atoms with Crippen LogP contribution in [0.25, 0.3) is 0 Å². The highest BCUT2D eigenvalue weighted by atomic mass is 16.5. The summed E-state index contributed by atoms with van der Waals surface area (Å²) in [6.07, 6.45) is 5.39. The van der Waals surface area contributed by atoms with Gasteiger partial charge in [0.25, 0.3) is 5.91 Å². The molecule has 2 aromatic carbocycles. The van der Waals surface area contributed by atoms with E-state index in [0.29, 0.717) is 30.9 Å². The summed E-state index contributed by atoms with van der Waals surface area (Å²) in [6.45, 7) is 8.83. The van der Waals surface area contributed by atoms with E-state index in [-0.39, 0.29) is 5.91 Å². The average molecular weight is 486 g/mol. The minimum absolute atomic E-state index is 0.145. The number of pyridine rings is 1. The zero-order chi connectivity index (χ0) is 25.0. The van der Waals surface area contributed by atoms with E-state index in [9.17, 15) is 4.79 Å². The van der Waals surface area contributed by atoms with Crippen LogP contribution >= 0.6 is 0 Å². The number of amides is 1. The van der Waals surface area contributed by atoms with E-state index in [1.807, 2.05) is 42.5 Å². The van der Waals surface area contributed by atoms with Crippen LogP contribution in [-0.4, -0.2) is 42.6 Å². The van der Waals surface area contributed by atoms with Crippen LogP contribution in [0.4, 0.5) is 11.4 Å². The van der Waals surface area contributed by atoms with Gasteiger partial charge in [-0.2, -0.15) is 0 Å². The molecule has 3 atom stereocenters. The van der Waals surface area contributed by atoms with Crippen LogP contribution in [0.15, 0.2) is 66.9 Å². The Balaban J connectivity index is 1.23. The van der Waals surface area contributed by atoms with Crippen LogP contribution < -0.4 is 15.1 Å². The maximum atomic E-state index is 12.9. The lowest BCUT2D eigenvalue weighted by atomic mass is 10.0. The summed E-state index contributed by atoms with van der Waals surface area (Å²) in [7, 11) is 0. The predicted octanol–water partition coefficient (Wildman–Crippen LogP) is 5.21. The number of benzene rings is 2. The molecule has 5 rings (SSSR count). The van der Waals surface area contributed by atoms with Crippen LogP contribution in [0.3, 0.4) is 0 Å². The number of rotatable bonds is 8. The molecule has 3 aromatic rings. The number of carbonyl (C=O) groups is 1. The number of aromatic nitrogens is 1. The lowest BCUT2D eigenvalue weighted by Gasteiger charge is -2.43. The van der Waals surface area contributed by atoms with E-state index in [2.05, 4.69) is 47.7 Å². The SMILES string of the molecule is Cc1cc([N+]2(C3CCNC3)CCCC2C)ccc1NC(=O)c1ccc(COCc2ccccc2)nc1. The minimum atomic E-state index is -0.145. The average Bonchev–Trinajstić information content (AvgIpc) is 3.57. The van der Waals surface area contributed by atoms with Crippen molar-refractivity contribution in [2.24, 2.45) is 0 Å². The molecule has 2 aliphatic heterocycles. The summed E-state index contributed by atoms with van der Waals surface area (Å²) in [5, 5.41) is 6.66. The Kier molecular flexibility index (Phi) is 7.46. The summed E-state index contributed by atoms with van der Waals surface area (Å²) in [6, 6.07) is 21.6. The van der Waals surface area contributed by atoms with Crippen LogP contribution in [0.2, 0.25) is 0 Å². The normalized spacial score (nSPS) is 23.6. The number of quaternary nitrogens is 1. The molecule has 1 amide bonds. The molecule has 0 spiro atoms. The summed E-state index contributed by atoms with van der Waals surface area (Å²) in [4.78, 5) is 17.4. The zero-order valence-corrected chi connectivity index (χ0v) is 21.4. The molecule has 1 aromatic heterocycles.